The van der Waals surface area contributed by atoms with E-state index in [9.17, 15) is 4.79 Å². The van der Waals surface area contributed by atoms with Gasteiger partial charge in [-0.05, 0) is 24.3 Å². The molecule has 1 amide bonds. The molecule has 0 atom stereocenters. The summed E-state index contributed by atoms with van der Waals surface area (Å²) in [4.78, 5) is 14.1. The third-order valence-corrected chi connectivity index (χ3v) is 3.54. The molecule has 128 valence electrons. The van der Waals surface area contributed by atoms with Gasteiger partial charge in [-0.2, -0.15) is 0 Å². The molecule has 0 aliphatic carbocycles. The SMILES string of the molecule is COc1ccc(NC(=O)CN(C)c2ccccc2OC)cc1OC. The fourth-order valence-electron chi connectivity index (χ4n) is 2.36. The van der Waals surface area contributed by atoms with E-state index in [0.717, 1.165) is 11.4 Å². The number of carbonyl (C=O) groups is 1. The van der Waals surface area contributed by atoms with Crippen molar-refractivity contribution < 1.29 is 19.0 Å². The van der Waals surface area contributed by atoms with Crippen molar-refractivity contribution in [3.05, 3.63) is 42.5 Å². The van der Waals surface area contributed by atoms with E-state index in [4.69, 9.17) is 14.2 Å². The highest BCUT2D eigenvalue weighted by atomic mass is 16.5. The average molecular weight is 330 g/mol. The molecular formula is C18H22N2O4. The van der Waals surface area contributed by atoms with Gasteiger partial charge < -0.3 is 24.4 Å². The zero-order valence-corrected chi connectivity index (χ0v) is 14.3. The molecule has 1 N–H and O–H groups in total. The van der Waals surface area contributed by atoms with Crippen LogP contribution in [0.25, 0.3) is 0 Å². The van der Waals surface area contributed by atoms with Crippen LogP contribution in [0.15, 0.2) is 42.5 Å². The summed E-state index contributed by atoms with van der Waals surface area (Å²) in [6.45, 7) is 0.189. The Bertz CT molecular complexity index is 703. The van der Waals surface area contributed by atoms with Crippen LogP contribution in [0.2, 0.25) is 0 Å². The first-order valence-corrected chi connectivity index (χ1v) is 7.45. The largest absolute Gasteiger partial charge is 0.495 e. The summed E-state index contributed by atoms with van der Waals surface area (Å²) >= 11 is 0. The standard InChI is InChI=1S/C18H22N2O4/c1-20(14-7-5-6-8-15(14)22-2)12-18(21)19-13-9-10-16(23-3)17(11-13)24-4/h5-11H,12H2,1-4H3,(H,19,21). The Morgan fingerprint density at radius 2 is 1.62 bits per heavy atom. The van der Waals surface area contributed by atoms with Crippen molar-refractivity contribution in [3.8, 4) is 17.2 Å². The van der Waals surface area contributed by atoms with Crippen LogP contribution in [0.5, 0.6) is 17.2 Å². The van der Waals surface area contributed by atoms with Crippen LogP contribution in [0, 0.1) is 0 Å². The zero-order chi connectivity index (χ0) is 17.5. The number of nitrogens with zero attached hydrogens (tertiary/aromatic N) is 1. The summed E-state index contributed by atoms with van der Waals surface area (Å²) < 4.78 is 15.7. The third kappa shape index (κ3) is 4.10. The Hall–Kier alpha value is -2.89. The first-order chi connectivity index (χ1) is 11.6. The Labute approximate surface area is 141 Å². The molecule has 2 aromatic rings. The van der Waals surface area contributed by atoms with Gasteiger partial charge >= 0.3 is 0 Å². The lowest BCUT2D eigenvalue weighted by atomic mass is 10.2. The smallest absolute Gasteiger partial charge is 0.243 e. The average Bonchev–Trinajstić information content (AvgIpc) is 2.61. The maximum Gasteiger partial charge on any atom is 0.243 e. The number of rotatable bonds is 7. The Balaban J connectivity index is 2.05. The monoisotopic (exact) mass is 330 g/mol. The van der Waals surface area contributed by atoms with Gasteiger partial charge in [0.1, 0.15) is 5.75 Å². The topological polar surface area (TPSA) is 60.0 Å². The van der Waals surface area contributed by atoms with Gasteiger partial charge in [-0.15, -0.1) is 0 Å². The van der Waals surface area contributed by atoms with E-state index in [1.807, 2.05) is 36.2 Å². The lowest BCUT2D eigenvalue weighted by molar-refractivity contribution is -0.114. The number of anilines is 2. The first kappa shape index (κ1) is 17.5. The van der Waals surface area contributed by atoms with Gasteiger partial charge in [-0.1, -0.05) is 12.1 Å². The minimum Gasteiger partial charge on any atom is -0.495 e. The second kappa shape index (κ2) is 8.10. The van der Waals surface area contributed by atoms with Crippen LogP contribution in [-0.4, -0.2) is 40.8 Å². The molecule has 0 bridgehead atoms. The maximum atomic E-state index is 12.3. The van der Waals surface area contributed by atoms with E-state index in [1.54, 1.807) is 39.5 Å². The van der Waals surface area contributed by atoms with Crippen LogP contribution in [-0.2, 0) is 4.79 Å². The number of hydrogen-bond donors (Lipinski definition) is 1. The fourth-order valence-corrected chi connectivity index (χ4v) is 2.36. The van der Waals surface area contributed by atoms with Crippen molar-refractivity contribution in [3.63, 3.8) is 0 Å². The van der Waals surface area contributed by atoms with E-state index < -0.39 is 0 Å². The maximum absolute atomic E-state index is 12.3. The number of ether oxygens (including phenoxy) is 3. The number of hydrogen-bond acceptors (Lipinski definition) is 5. The first-order valence-electron chi connectivity index (χ1n) is 7.45. The second-order valence-electron chi connectivity index (χ2n) is 5.15. The molecule has 0 radical (unpaired) electrons. The van der Waals surface area contributed by atoms with E-state index >= 15 is 0 Å². The number of methoxy groups -OCH3 is 3. The fraction of sp³-hybridized carbons (Fsp3) is 0.278. The summed E-state index contributed by atoms with van der Waals surface area (Å²) in [6.07, 6.45) is 0. The minimum absolute atomic E-state index is 0.143. The Kier molecular flexibility index (Phi) is 5.89. The summed E-state index contributed by atoms with van der Waals surface area (Å²) in [7, 11) is 6.57. The van der Waals surface area contributed by atoms with E-state index in [0.29, 0.717) is 17.2 Å². The molecule has 24 heavy (non-hydrogen) atoms. The number of benzene rings is 2. The van der Waals surface area contributed by atoms with Crippen LogP contribution < -0.4 is 24.4 Å². The molecule has 0 aliphatic heterocycles. The highest BCUT2D eigenvalue weighted by molar-refractivity contribution is 5.94. The van der Waals surface area contributed by atoms with Crippen molar-refractivity contribution >= 4 is 17.3 Å². The molecule has 0 spiro atoms. The minimum atomic E-state index is -0.143. The van der Waals surface area contributed by atoms with Crippen LogP contribution in [0.4, 0.5) is 11.4 Å². The van der Waals surface area contributed by atoms with E-state index in [1.165, 1.54) is 0 Å². The molecule has 0 saturated heterocycles. The van der Waals surface area contributed by atoms with Gasteiger partial charge in [0, 0.05) is 18.8 Å². The molecule has 0 aromatic heterocycles. The van der Waals surface area contributed by atoms with Gasteiger partial charge in [-0.3, -0.25) is 4.79 Å². The second-order valence-corrected chi connectivity index (χ2v) is 5.15. The molecule has 2 aromatic carbocycles. The Morgan fingerprint density at radius 1 is 0.958 bits per heavy atom. The Morgan fingerprint density at radius 3 is 2.29 bits per heavy atom. The summed E-state index contributed by atoms with van der Waals surface area (Å²) in [5.41, 5.74) is 1.49. The van der Waals surface area contributed by atoms with E-state index in [2.05, 4.69) is 5.32 Å². The van der Waals surface area contributed by atoms with Gasteiger partial charge in [0.25, 0.3) is 0 Å². The van der Waals surface area contributed by atoms with Gasteiger partial charge in [-0.25, -0.2) is 0 Å². The summed E-state index contributed by atoms with van der Waals surface area (Å²) in [5.74, 6) is 1.75. The van der Waals surface area contributed by atoms with Gasteiger partial charge in [0.15, 0.2) is 11.5 Å². The number of nitrogens with one attached hydrogen (secondary N) is 1. The predicted molar refractivity (Wildman–Crippen MR) is 94.4 cm³/mol. The number of likely N-dealkylation sites (N-methyl/N-ethyl adjacent to an activating group) is 1. The third-order valence-electron chi connectivity index (χ3n) is 3.54. The van der Waals surface area contributed by atoms with Crippen molar-refractivity contribution in [2.24, 2.45) is 0 Å². The summed E-state index contributed by atoms with van der Waals surface area (Å²) in [5, 5.41) is 2.85. The quantitative estimate of drug-likeness (QED) is 0.846. The van der Waals surface area contributed by atoms with Crippen LogP contribution in [0.1, 0.15) is 0 Å². The predicted octanol–water partition coefficient (Wildman–Crippen LogP) is 2.79. The highest BCUT2D eigenvalue weighted by Crippen LogP contribution is 2.30. The number of amides is 1. The molecule has 0 saturated carbocycles. The molecule has 0 fully saturated rings. The van der Waals surface area contributed by atoms with Crippen LogP contribution >= 0.6 is 0 Å². The molecule has 0 aliphatic rings. The molecule has 0 heterocycles. The van der Waals surface area contributed by atoms with Crippen molar-refractivity contribution in [1.29, 1.82) is 0 Å². The lowest BCUT2D eigenvalue weighted by Gasteiger charge is -2.21. The van der Waals surface area contributed by atoms with Crippen molar-refractivity contribution in [2.75, 3.05) is 45.1 Å². The molecule has 6 heteroatoms. The molecular weight excluding hydrogens is 308 g/mol. The summed E-state index contributed by atoms with van der Waals surface area (Å²) in [6, 6.07) is 12.8. The van der Waals surface area contributed by atoms with Crippen molar-refractivity contribution in [2.45, 2.75) is 0 Å². The van der Waals surface area contributed by atoms with Crippen molar-refractivity contribution in [1.82, 2.24) is 0 Å². The molecule has 0 unspecified atom stereocenters. The highest BCUT2D eigenvalue weighted by Gasteiger charge is 2.12. The normalized spacial score (nSPS) is 10.0. The zero-order valence-electron chi connectivity index (χ0n) is 14.3. The van der Waals surface area contributed by atoms with E-state index in [-0.39, 0.29) is 12.5 Å². The molecule has 6 nitrogen and oxygen atoms in total. The molecule has 2 rings (SSSR count). The number of carbonyl (C=O) groups excluding carboxylic acids is 1. The van der Waals surface area contributed by atoms with Crippen LogP contribution in [0.3, 0.4) is 0 Å². The number of para-hydroxylation sites is 2. The van der Waals surface area contributed by atoms with Gasteiger partial charge in [0.2, 0.25) is 5.91 Å². The van der Waals surface area contributed by atoms with Gasteiger partial charge in [0.05, 0.1) is 33.6 Å². The lowest BCUT2D eigenvalue weighted by Crippen LogP contribution is -2.30.